The van der Waals surface area contributed by atoms with E-state index < -0.39 is 9.24 Å². The molecule has 0 unspecified atom stereocenters. The predicted octanol–water partition coefficient (Wildman–Crippen LogP) is 1.67. The summed E-state index contributed by atoms with van der Waals surface area (Å²) >= 11 is 0. The Kier molecular flexibility index (Phi) is 5.50. The van der Waals surface area contributed by atoms with Crippen molar-refractivity contribution in [2.24, 2.45) is 0 Å². The van der Waals surface area contributed by atoms with E-state index in [1.165, 1.54) is 10.7 Å². The second kappa shape index (κ2) is 6.19. The van der Waals surface area contributed by atoms with E-state index in [-0.39, 0.29) is 6.04 Å². The van der Waals surface area contributed by atoms with Crippen LogP contribution in [0.15, 0.2) is 0 Å². The third-order valence-electron chi connectivity index (χ3n) is 3.03. The Balaban J connectivity index is 2.63. The summed E-state index contributed by atoms with van der Waals surface area (Å²) in [7, 11) is 5.78. The van der Waals surface area contributed by atoms with Gasteiger partial charge in [0.05, 0.1) is 0 Å². The maximum Gasteiger partial charge on any atom is 0.300 e. The standard InChI is InChI=1S/C10H21ClN2O2S/c1-12(2)8-9-13(16(11,14)15)10-6-4-3-5-7-10/h10H,3-9H2,1-2H3. The first-order chi connectivity index (χ1) is 7.41. The van der Waals surface area contributed by atoms with E-state index >= 15 is 0 Å². The van der Waals surface area contributed by atoms with Gasteiger partial charge in [0.15, 0.2) is 0 Å². The lowest BCUT2D eigenvalue weighted by molar-refractivity contribution is 0.237. The number of nitrogens with zero attached hydrogens (tertiary/aromatic N) is 2. The number of likely N-dealkylation sites (N-methyl/N-ethyl adjacent to an activating group) is 1. The van der Waals surface area contributed by atoms with Crippen molar-refractivity contribution in [3.05, 3.63) is 0 Å². The zero-order valence-electron chi connectivity index (χ0n) is 10.0. The minimum atomic E-state index is -3.58. The Labute approximate surface area is 103 Å². The van der Waals surface area contributed by atoms with Crippen LogP contribution in [0.5, 0.6) is 0 Å². The molecule has 0 heterocycles. The van der Waals surface area contributed by atoms with Crippen molar-refractivity contribution in [2.45, 2.75) is 38.1 Å². The molecule has 16 heavy (non-hydrogen) atoms. The molecular weight excluding hydrogens is 248 g/mol. The van der Waals surface area contributed by atoms with Crippen LogP contribution in [0.3, 0.4) is 0 Å². The number of rotatable bonds is 5. The number of hydrogen-bond acceptors (Lipinski definition) is 3. The van der Waals surface area contributed by atoms with Crippen LogP contribution in [0.1, 0.15) is 32.1 Å². The van der Waals surface area contributed by atoms with Gasteiger partial charge in [0.2, 0.25) is 0 Å². The third kappa shape index (κ3) is 4.57. The summed E-state index contributed by atoms with van der Waals surface area (Å²) in [5.74, 6) is 0. The van der Waals surface area contributed by atoms with Crippen molar-refractivity contribution >= 4 is 19.9 Å². The van der Waals surface area contributed by atoms with Crippen LogP contribution in [0, 0.1) is 0 Å². The molecule has 4 nitrogen and oxygen atoms in total. The van der Waals surface area contributed by atoms with Crippen LogP contribution in [-0.4, -0.2) is 50.8 Å². The molecule has 1 rings (SSSR count). The van der Waals surface area contributed by atoms with E-state index in [1.807, 2.05) is 19.0 Å². The average molecular weight is 269 g/mol. The van der Waals surface area contributed by atoms with Crippen molar-refractivity contribution in [1.29, 1.82) is 0 Å². The lowest BCUT2D eigenvalue weighted by atomic mass is 9.95. The van der Waals surface area contributed by atoms with E-state index in [9.17, 15) is 8.42 Å². The van der Waals surface area contributed by atoms with Gasteiger partial charge in [-0.05, 0) is 26.9 Å². The summed E-state index contributed by atoms with van der Waals surface area (Å²) in [6.07, 6.45) is 5.31. The fourth-order valence-corrected chi connectivity index (χ4v) is 3.55. The minimum Gasteiger partial charge on any atom is -0.308 e. The first kappa shape index (κ1) is 14.2. The van der Waals surface area contributed by atoms with Crippen molar-refractivity contribution in [2.75, 3.05) is 27.2 Å². The van der Waals surface area contributed by atoms with Crippen LogP contribution in [-0.2, 0) is 9.24 Å². The highest BCUT2D eigenvalue weighted by Gasteiger charge is 2.29. The molecule has 0 saturated heterocycles. The van der Waals surface area contributed by atoms with Gasteiger partial charge in [-0.1, -0.05) is 19.3 Å². The van der Waals surface area contributed by atoms with E-state index in [1.54, 1.807) is 0 Å². The summed E-state index contributed by atoms with van der Waals surface area (Å²) in [6, 6.07) is 0.108. The lowest BCUT2D eigenvalue weighted by Crippen LogP contribution is -2.42. The van der Waals surface area contributed by atoms with Gasteiger partial charge in [-0.2, -0.15) is 12.7 Å². The minimum absolute atomic E-state index is 0.108. The summed E-state index contributed by atoms with van der Waals surface area (Å²) in [6.45, 7) is 1.20. The average Bonchev–Trinajstić information content (AvgIpc) is 2.17. The van der Waals surface area contributed by atoms with Crippen LogP contribution in [0.4, 0.5) is 0 Å². The molecule has 0 spiro atoms. The number of hydrogen-bond donors (Lipinski definition) is 0. The molecule has 0 aromatic carbocycles. The van der Waals surface area contributed by atoms with E-state index in [0.29, 0.717) is 13.1 Å². The molecule has 0 aliphatic heterocycles. The Bertz CT molecular complexity index is 300. The summed E-state index contributed by atoms with van der Waals surface area (Å²) in [5.41, 5.74) is 0. The van der Waals surface area contributed by atoms with Crippen molar-refractivity contribution in [3.63, 3.8) is 0 Å². The highest BCUT2D eigenvalue weighted by atomic mass is 35.7. The summed E-state index contributed by atoms with van der Waals surface area (Å²) in [4.78, 5) is 1.97. The maximum absolute atomic E-state index is 11.5. The monoisotopic (exact) mass is 268 g/mol. The van der Waals surface area contributed by atoms with Crippen LogP contribution in [0.2, 0.25) is 0 Å². The molecule has 0 aromatic rings. The quantitative estimate of drug-likeness (QED) is 0.712. The molecule has 96 valence electrons. The van der Waals surface area contributed by atoms with Gasteiger partial charge in [-0.25, -0.2) is 0 Å². The first-order valence-corrected chi connectivity index (χ1v) is 8.04. The molecule has 1 fully saturated rings. The molecule has 1 saturated carbocycles. The fourth-order valence-electron chi connectivity index (χ4n) is 2.14. The fraction of sp³-hybridized carbons (Fsp3) is 1.00. The molecule has 0 atom stereocenters. The molecule has 0 bridgehead atoms. The maximum atomic E-state index is 11.5. The van der Waals surface area contributed by atoms with Gasteiger partial charge in [0.1, 0.15) is 0 Å². The normalized spacial score (nSPS) is 19.6. The van der Waals surface area contributed by atoms with Crippen LogP contribution < -0.4 is 0 Å². The van der Waals surface area contributed by atoms with Gasteiger partial charge in [0.25, 0.3) is 9.24 Å². The second-order valence-corrected chi connectivity index (χ2v) is 7.11. The first-order valence-electron chi connectivity index (χ1n) is 5.77. The lowest BCUT2D eigenvalue weighted by Gasteiger charge is -2.32. The van der Waals surface area contributed by atoms with E-state index in [2.05, 4.69) is 0 Å². The molecular formula is C10H21ClN2O2S. The molecule has 6 heteroatoms. The Hall–Kier alpha value is 0.160. The van der Waals surface area contributed by atoms with Gasteiger partial charge in [-0.3, -0.25) is 0 Å². The van der Waals surface area contributed by atoms with Crippen molar-refractivity contribution in [3.8, 4) is 0 Å². The summed E-state index contributed by atoms with van der Waals surface area (Å²) < 4.78 is 24.5. The molecule has 0 N–H and O–H groups in total. The van der Waals surface area contributed by atoms with Gasteiger partial charge in [0, 0.05) is 29.8 Å². The third-order valence-corrected chi connectivity index (χ3v) is 4.60. The highest BCUT2D eigenvalue weighted by molar-refractivity contribution is 8.11. The van der Waals surface area contributed by atoms with Gasteiger partial charge < -0.3 is 4.90 Å². The van der Waals surface area contributed by atoms with Gasteiger partial charge >= 0.3 is 0 Å². The Morgan fingerprint density at radius 2 is 1.69 bits per heavy atom. The van der Waals surface area contributed by atoms with Gasteiger partial charge in [-0.15, -0.1) is 0 Å². The predicted molar refractivity (Wildman–Crippen MR) is 66.9 cm³/mol. The van der Waals surface area contributed by atoms with E-state index in [4.69, 9.17) is 10.7 Å². The Morgan fingerprint density at radius 3 is 2.12 bits per heavy atom. The summed E-state index contributed by atoms with van der Waals surface area (Å²) in [5, 5.41) is 0. The van der Waals surface area contributed by atoms with Crippen LogP contribution >= 0.6 is 10.7 Å². The molecule has 0 radical (unpaired) electrons. The largest absolute Gasteiger partial charge is 0.308 e. The van der Waals surface area contributed by atoms with E-state index in [0.717, 1.165) is 25.7 Å². The molecule has 1 aliphatic carbocycles. The smallest absolute Gasteiger partial charge is 0.300 e. The molecule has 0 aromatic heterocycles. The van der Waals surface area contributed by atoms with Crippen LogP contribution in [0.25, 0.3) is 0 Å². The zero-order valence-corrected chi connectivity index (χ0v) is 11.6. The number of halogens is 1. The van der Waals surface area contributed by atoms with Crippen molar-refractivity contribution in [1.82, 2.24) is 9.21 Å². The van der Waals surface area contributed by atoms with Crippen molar-refractivity contribution < 1.29 is 8.42 Å². The molecule has 0 amide bonds. The second-order valence-electron chi connectivity index (χ2n) is 4.65. The highest BCUT2D eigenvalue weighted by Crippen LogP contribution is 2.25. The molecule has 1 aliphatic rings. The Morgan fingerprint density at radius 1 is 1.12 bits per heavy atom. The zero-order chi connectivity index (χ0) is 12.2. The SMILES string of the molecule is CN(C)CCN(C1CCCCC1)S(=O)(=O)Cl. The topological polar surface area (TPSA) is 40.6 Å².